The molecule has 3 aliphatic rings. The van der Waals surface area contributed by atoms with E-state index in [0.717, 1.165) is 71.6 Å². The van der Waals surface area contributed by atoms with E-state index in [1.165, 1.54) is 5.56 Å². The van der Waals surface area contributed by atoms with E-state index in [0.29, 0.717) is 18.9 Å². The molecule has 3 fully saturated rings. The van der Waals surface area contributed by atoms with Crippen molar-refractivity contribution in [2.45, 2.75) is 130 Å². The maximum Gasteiger partial charge on any atom is 0.319 e. The minimum atomic E-state index is -1.37. The second kappa shape index (κ2) is 19.1. The molecule has 0 amide bonds. The van der Waals surface area contributed by atoms with Gasteiger partial charge in [-0.15, -0.1) is 0 Å². The van der Waals surface area contributed by atoms with Crippen molar-refractivity contribution < 1.29 is 28.5 Å². The van der Waals surface area contributed by atoms with Crippen LogP contribution in [0, 0.1) is 17.3 Å². The molecule has 0 N–H and O–H groups in total. The molecule has 3 aliphatic heterocycles. The van der Waals surface area contributed by atoms with Crippen LogP contribution in [0.25, 0.3) is 0 Å². The summed E-state index contributed by atoms with van der Waals surface area (Å²) >= 11 is 0. The summed E-state index contributed by atoms with van der Waals surface area (Å²) in [6.45, 7) is 23.5. The highest BCUT2D eigenvalue weighted by atomic mass is 16.7. The summed E-state index contributed by atoms with van der Waals surface area (Å²) in [6.07, 6.45) is 2.83. The van der Waals surface area contributed by atoms with Gasteiger partial charge < -0.3 is 28.7 Å². The van der Waals surface area contributed by atoms with Crippen LogP contribution in [0.5, 0.6) is 0 Å². The van der Waals surface area contributed by atoms with Gasteiger partial charge in [0.25, 0.3) is 0 Å². The van der Waals surface area contributed by atoms with E-state index < -0.39 is 41.4 Å². The van der Waals surface area contributed by atoms with Crippen LogP contribution in [0.15, 0.2) is 30.3 Å². The quantitative estimate of drug-likeness (QED) is 0.219. The zero-order valence-corrected chi connectivity index (χ0v) is 34.4. The monoisotopic (exact) mass is 729 g/mol. The summed E-state index contributed by atoms with van der Waals surface area (Å²) in [5.41, 5.74) is -0.807. The second-order valence-electron chi connectivity index (χ2n) is 17.2. The fourth-order valence-corrected chi connectivity index (χ4v) is 8.84. The molecule has 0 spiro atoms. The van der Waals surface area contributed by atoms with Gasteiger partial charge in [0.05, 0.1) is 23.9 Å². The van der Waals surface area contributed by atoms with Crippen LogP contribution in [-0.2, 0) is 35.0 Å². The Labute approximate surface area is 315 Å². The van der Waals surface area contributed by atoms with Crippen molar-refractivity contribution in [2.24, 2.45) is 17.3 Å². The summed E-state index contributed by atoms with van der Waals surface area (Å²) in [4.78, 5) is 38.4. The van der Waals surface area contributed by atoms with Crippen LogP contribution in [0.2, 0.25) is 0 Å². The van der Waals surface area contributed by atoms with Crippen LogP contribution in [0.4, 0.5) is 0 Å². The number of methoxy groups -OCH3 is 1. The fraction of sp³-hybridized carbons (Fsp3) is 0.810. The van der Waals surface area contributed by atoms with Crippen LogP contribution < -0.4 is 0 Å². The highest BCUT2D eigenvalue weighted by Crippen LogP contribution is 2.38. The van der Waals surface area contributed by atoms with Crippen LogP contribution in [-0.4, -0.2) is 147 Å². The Balaban J connectivity index is 1.57. The Morgan fingerprint density at radius 2 is 1.58 bits per heavy atom. The summed E-state index contributed by atoms with van der Waals surface area (Å²) in [5, 5.41) is 0. The zero-order valence-electron chi connectivity index (χ0n) is 34.4. The molecule has 0 radical (unpaired) electrons. The first-order chi connectivity index (χ1) is 24.6. The molecule has 3 heterocycles. The fourth-order valence-electron chi connectivity index (χ4n) is 8.84. The number of rotatable bonds is 11. The van der Waals surface area contributed by atoms with E-state index in [1.54, 1.807) is 21.0 Å². The molecule has 296 valence electrons. The molecular weight excluding hydrogens is 656 g/mol. The number of ketones is 1. The molecule has 3 saturated heterocycles. The first-order valence-corrected chi connectivity index (χ1v) is 20.1. The Morgan fingerprint density at radius 1 is 0.923 bits per heavy atom. The molecular formula is C42H72N4O6. The largest absolute Gasteiger partial charge is 0.460 e. The maximum atomic E-state index is 14.5. The lowest BCUT2D eigenvalue weighted by Crippen LogP contribution is -2.56. The Hall–Kier alpha value is -1.92. The Kier molecular flexibility index (Phi) is 15.7. The SMILES string of the molecule is CCCN1C[C@H](C)C[C@@](C)(OC)[C@H](O[C@H]2C[C@@H](N(C)C)C[C@@H](C)O2)[C@@H](C)C(=O)C(C)(C)C(=O)O[C@@H](C)[C@@H]1CN1CCN(CCc2ccccc2)CC1. The standard InChI is InChI=1S/C42H72N4O6/c1-12-19-46-28-30(2)27-42(8,49-11)39(52-37-26-35(43(9)10)25-31(3)50-37)32(4)38(47)41(6,7)40(48)51-33(5)36(46)29-45-23-21-44(22-24-45)20-18-34-16-14-13-15-17-34/h13-17,30-33,35-37,39H,12,18-29H2,1-11H3/t30-,31-,32+,33+,35+,36+,37+,39-,42-/m1/s1. The molecule has 0 saturated carbocycles. The van der Waals surface area contributed by atoms with Gasteiger partial charge in [-0.2, -0.15) is 0 Å². The molecule has 0 aliphatic carbocycles. The van der Waals surface area contributed by atoms with Crippen molar-refractivity contribution in [3.63, 3.8) is 0 Å². The topological polar surface area (TPSA) is 84.0 Å². The molecule has 1 aromatic carbocycles. The van der Waals surface area contributed by atoms with Crippen LogP contribution in [0.3, 0.4) is 0 Å². The van der Waals surface area contributed by atoms with Gasteiger partial charge in [0.15, 0.2) is 12.1 Å². The highest BCUT2D eigenvalue weighted by molar-refractivity contribution is 6.04. The predicted octanol–water partition coefficient (Wildman–Crippen LogP) is 5.38. The van der Waals surface area contributed by atoms with E-state index in [-0.39, 0.29) is 23.8 Å². The van der Waals surface area contributed by atoms with E-state index in [2.05, 4.69) is 91.7 Å². The average molecular weight is 729 g/mol. The molecule has 52 heavy (non-hydrogen) atoms. The van der Waals surface area contributed by atoms with E-state index in [9.17, 15) is 9.59 Å². The average Bonchev–Trinajstić information content (AvgIpc) is 3.11. The first-order valence-electron chi connectivity index (χ1n) is 20.1. The number of carbonyl (C=O) groups excluding carboxylic acids is 2. The third-order valence-electron chi connectivity index (χ3n) is 12.1. The number of cyclic esters (lactones) is 1. The van der Waals surface area contributed by atoms with Gasteiger partial charge in [-0.3, -0.25) is 19.4 Å². The Morgan fingerprint density at radius 3 is 2.19 bits per heavy atom. The molecule has 9 atom stereocenters. The van der Waals surface area contributed by atoms with Crippen molar-refractivity contribution in [1.82, 2.24) is 19.6 Å². The highest BCUT2D eigenvalue weighted by Gasteiger charge is 2.51. The number of ether oxygens (including phenoxy) is 4. The van der Waals surface area contributed by atoms with Crippen molar-refractivity contribution in [3.05, 3.63) is 35.9 Å². The molecule has 0 aromatic heterocycles. The lowest BCUT2D eigenvalue weighted by molar-refractivity contribution is -0.263. The third-order valence-corrected chi connectivity index (χ3v) is 12.1. The number of nitrogens with zero attached hydrogens (tertiary/aromatic N) is 4. The summed E-state index contributed by atoms with van der Waals surface area (Å²) in [5.74, 6) is -1.12. The predicted molar refractivity (Wildman–Crippen MR) is 207 cm³/mol. The summed E-state index contributed by atoms with van der Waals surface area (Å²) in [7, 11) is 5.89. The first kappa shape index (κ1) is 42.8. The minimum absolute atomic E-state index is 0.0179. The summed E-state index contributed by atoms with van der Waals surface area (Å²) < 4.78 is 26.0. The molecule has 10 heteroatoms. The maximum absolute atomic E-state index is 14.5. The minimum Gasteiger partial charge on any atom is -0.460 e. The molecule has 10 nitrogen and oxygen atoms in total. The number of Topliss-reactive ketones (excluding diaryl/α,β-unsaturated/α-hetero) is 1. The number of piperazine rings is 1. The number of hydrogen-bond donors (Lipinski definition) is 0. The normalized spacial score (nSPS) is 35.1. The molecule has 0 unspecified atom stereocenters. The van der Waals surface area contributed by atoms with Crippen molar-refractivity contribution in [3.8, 4) is 0 Å². The Bertz CT molecular complexity index is 1260. The van der Waals surface area contributed by atoms with Gasteiger partial charge in [0.1, 0.15) is 11.5 Å². The third kappa shape index (κ3) is 11.1. The smallest absolute Gasteiger partial charge is 0.319 e. The van der Waals surface area contributed by atoms with Gasteiger partial charge in [-0.05, 0) is 92.4 Å². The van der Waals surface area contributed by atoms with Crippen molar-refractivity contribution in [2.75, 3.05) is 73.6 Å². The lowest BCUT2D eigenvalue weighted by atomic mass is 9.74. The molecule has 4 rings (SSSR count). The van der Waals surface area contributed by atoms with Gasteiger partial charge in [-0.1, -0.05) is 51.1 Å². The van der Waals surface area contributed by atoms with E-state index in [4.69, 9.17) is 18.9 Å². The number of benzene rings is 1. The summed E-state index contributed by atoms with van der Waals surface area (Å²) in [6, 6.07) is 11.0. The van der Waals surface area contributed by atoms with Crippen molar-refractivity contribution in [1.29, 1.82) is 0 Å². The molecule has 1 aromatic rings. The van der Waals surface area contributed by atoms with Gasteiger partial charge in [-0.25, -0.2) is 0 Å². The van der Waals surface area contributed by atoms with Gasteiger partial charge >= 0.3 is 5.97 Å². The van der Waals surface area contributed by atoms with Crippen molar-refractivity contribution >= 4 is 11.8 Å². The molecule has 0 bridgehead atoms. The van der Waals surface area contributed by atoms with Crippen LogP contribution >= 0.6 is 0 Å². The van der Waals surface area contributed by atoms with E-state index in [1.807, 2.05) is 13.8 Å². The van der Waals surface area contributed by atoms with Crippen LogP contribution in [0.1, 0.15) is 86.6 Å². The number of esters is 1. The second-order valence-corrected chi connectivity index (χ2v) is 17.2. The van der Waals surface area contributed by atoms with E-state index >= 15 is 0 Å². The zero-order chi connectivity index (χ0) is 38.2. The lowest BCUT2D eigenvalue weighted by Gasteiger charge is -2.46. The number of hydrogen-bond acceptors (Lipinski definition) is 10. The van der Waals surface area contributed by atoms with Gasteiger partial charge in [0, 0.05) is 71.3 Å². The number of carbonyl (C=O) groups is 2. The van der Waals surface area contributed by atoms with Gasteiger partial charge in [0.2, 0.25) is 0 Å².